The molecule has 3 N–H and O–H groups in total. The lowest BCUT2D eigenvalue weighted by Crippen LogP contribution is -2.12. The number of allylic oxidation sites excluding steroid dienone is 3. The SMILES string of the molecule is C=C1C=C(c2ccc3ncc(/C(C=N)=C/NCCC(=N)CC)cc3c2)C(c2cc(Cl)ccc2F)=N1. The number of aromatic nitrogens is 1. The summed E-state index contributed by atoms with van der Waals surface area (Å²) in [6.45, 7) is 6.54. The molecular formula is C28H25ClFN5. The Morgan fingerprint density at radius 2 is 2.03 bits per heavy atom. The van der Waals surface area contributed by atoms with Gasteiger partial charge < -0.3 is 16.1 Å². The molecule has 0 saturated heterocycles. The van der Waals surface area contributed by atoms with Gasteiger partial charge in [0.25, 0.3) is 0 Å². The van der Waals surface area contributed by atoms with Gasteiger partial charge in [0.1, 0.15) is 5.82 Å². The molecule has 176 valence electrons. The second-order valence-electron chi connectivity index (χ2n) is 8.17. The molecule has 1 aromatic heterocycles. The van der Waals surface area contributed by atoms with Crippen LogP contribution in [0.3, 0.4) is 0 Å². The minimum atomic E-state index is -0.402. The first-order chi connectivity index (χ1) is 16.9. The molecule has 3 aromatic rings. The van der Waals surface area contributed by atoms with E-state index in [9.17, 15) is 4.39 Å². The number of nitrogens with zero attached hydrogens (tertiary/aromatic N) is 2. The van der Waals surface area contributed by atoms with Gasteiger partial charge in [-0.1, -0.05) is 31.2 Å². The third-order valence-electron chi connectivity index (χ3n) is 5.74. The van der Waals surface area contributed by atoms with E-state index < -0.39 is 5.82 Å². The largest absolute Gasteiger partial charge is 0.390 e. The molecule has 0 fully saturated rings. The lowest BCUT2D eigenvalue weighted by molar-refractivity contribution is 0.625. The summed E-state index contributed by atoms with van der Waals surface area (Å²) in [7, 11) is 0. The minimum absolute atomic E-state index is 0.325. The Bertz CT molecular complexity index is 1430. The van der Waals surface area contributed by atoms with Crippen LogP contribution in [0.1, 0.15) is 36.5 Å². The number of nitrogens with one attached hydrogen (secondary N) is 3. The first-order valence-corrected chi connectivity index (χ1v) is 11.6. The van der Waals surface area contributed by atoms with E-state index in [-0.39, 0.29) is 0 Å². The van der Waals surface area contributed by atoms with E-state index >= 15 is 0 Å². The van der Waals surface area contributed by atoms with E-state index in [1.165, 1.54) is 18.3 Å². The summed E-state index contributed by atoms with van der Waals surface area (Å²) in [6, 6.07) is 12.2. The molecule has 7 heteroatoms. The predicted octanol–water partition coefficient (Wildman–Crippen LogP) is 6.83. The summed E-state index contributed by atoms with van der Waals surface area (Å²) < 4.78 is 14.6. The van der Waals surface area contributed by atoms with Crippen molar-refractivity contribution in [3.63, 3.8) is 0 Å². The number of pyridine rings is 1. The van der Waals surface area contributed by atoms with Gasteiger partial charge in [-0.2, -0.15) is 0 Å². The number of fused-ring (bicyclic) bond motifs is 1. The Kier molecular flexibility index (Phi) is 7.32. The summed E-state index contributed by atoms with van der Waals surface area (Å²) in [5.41, 5.74) is 5.93. The summed E-state index contributed by atoms with van der Waals surface area (Å²) in [5.74, 6) is -0.402. The van der Waals surface area contributed by atoms with Crippen LogP contribution in [0.5, 0.6) is 0 Å². The molecular weight excluding hydrogens is 461 g/mol. The number of benzene rings is 2. The molecule has 5 nitrogen and oxygen atoms in total. The van der Waals surface area contributed by atoms with Gasteiger partial charge in [0.05, 0.1) is 16.9 Å². The summed E-state index contributed by atoms with van der Waals surface area (Å²) in [4.78, 5) is 9.03. The van der Waals surface area contributed by atoms with Gasteiger partial charge in [0.2, 0.25) is 0 Å². The monoisotopic (exact) mass is 485 g/mol. The second-order valence-corrected chi connectivity index (χ2v) is 8.61. The molecule has 2 heterocycles. The van der Waals surface area contributed by atoms with E-state index in [1.807, 2.05) is 37.3 Å². The predicted molar refractivity (Wildman–Crippen MR) is 144 cm³/mol. The zero-order valence-electron chi connectivity index (χ0n) is 19.3. The lowest BCUT2D eigenvalue weighted by Gasteiger charge is -2.11. The molecule has 0 spiro atoms. The maximum absolute atomic E-state index is 14.6. The fourth-order valence-electron chi connectivity index (χ4n) is 3.82. The van der Waals surface area contributed by atoms with Crippen LogP contribution in [-0.2, 0) is 0 Å². The molecule has 1 aliphatic heterocycles. The molecule has 0 aliphatic carbocycles. The van der Waals surface area contributed by atoms with E-state index in [2.05, 4.69) is 21.9 Å². The van der Waals surface area contributed by atoms with E-state index in [4.69, 9.17) is 22.4 Å². The Morgan fingerprint density at radius 1 is 1.20 bits per heavy atom. The van der Waals surface area contributed by atoms with Gasteiger partial charge in [-0.05, 0) is 54.5 Å². The van der Waals surface area contributed by atoms with Crippen molar-refractivity contribution in [1.29, 1.82) is 10.8 Å². The Morgan fingerprint density at radius 3 is 2.80 bits per heavy atom. The van der Waals surface area contributed by atoms with Crippen LogP contribution in [0.2, 0.25) is 5.02 Å². The summed E-state index contributed by atoms with van der Waals surface area (Å²) in [6.07, 6.45) is 8.02. The quantitative estimate of drug-likeness (QED) is 0.229. The Hall–Kier alpha value is -3.90. The number of rotatable bonds is 9. The molecule has 1 aliphatic rings. The van der Waals surface area contributed by atoms with E-state index in [0.717, 1.165) is 34.0 Å². The molecule has 0 atom stereocenters. The fourth-order valence-corrected chi connectivity index (χ4v) is 3.99. The van der Waals surface area contributed by atoms with Crippen LogP contribution in [0.4, 0.5) is 4.39 Å². The van der Waals surface area contributed by atoms with Gasteiger partial charge in [-0.3, -0.25) is 4.98 Å². The van der Waals surface area contributed by atoms with Gasteiger partial charge in [0, 0.05) is 70.0 Å². The first kappa shape index (κ1) is 24.2. The average Bonchev–Trinajstić information content (AvgIpc) is 3.26. The normalized spacial score (nSPS) is 13.6. The molecule has 0 bridgehead atoms. The molecule has 0 saturated carbocycles. The van der Waals surface area contributed by atoms with Crippen molar-refractivity contribution in [2.75, 3.05) is 6.54 Å². The van der Waals surface area contributed by atoms with Crippen LogP contribution in [0.15, 0.2) is 78.2 Å². The zero-order chi connectivity index (χ0) is 24.9. The van der Waals surface area contributed by atoms with Crippen LogP contribution in [-0.4, -0.2) is 29.2 Å². The Balaban J connectivity index is 1.66. The topological polar surface area (TPSA) is 85.0 Å². The average molecular weight is 486 g/mol. The third kappa shape index (κ3) is 5.44. The van der Waals surface area contributed by atoms with Crippen molar-refractivity contribution in [3.05, 3.63) is 101 Å². The number of aliphatic imine (C=N–C) groups is 1. The minimum Gasteiger partial charge on any atom is -0.390 e. The molecule has 0 unspecified atom stereocenters. The van der Waals surface area contributed by atoms with Gasteiger partial charge >= 0.3 is 0 Å². The summed E-state index contributed by atoms with van der Waals surface area (Å²) in [5, 5.41) is 20.1. The van der Waals surface area contributed by atoms with Crippen LogP contribution < -0.4 is 5.32 Å². The second kappa shape index (κ2) is 10.6. The van der Waals surface area contributed by atoms with Crippen molar-refractivity contribution in [3.8, 4) is 0 Å². The van der Waals surface area contributed by atoms with Crippen molar-refractivity contribution < 1.29 is 4.39 Å². The van der Waals surface area contributed by atoms with Crippen LogP contribution in [0.25, 0.3) is 22.0 Å². The van der Waals surface area contributed by atoms with Crippen molar-refractivity contribution in [2.45, 2.75) is 19.8 Å². The van der Waals surface area contributed by atoms with Crippen LogP contribution in [0, 0.1) is 16.6 Å². The molecule has 2 aromatic carbocycles. The van der Waals surface area contributed by atoms with Gasteiger partial charge in [-0.25, -0.2) is 9.38 Å². The highest BCUT2D eigenvalue weighted by molar-refractivity contribution is 6.36. The summed E-state index contributed by atoms with van der Waals surface area (Å²) >= 11 is 6.12. The van der Waals surface area contributed by atoms with Gasteiger partial charge in [-0.15, -0.1) is 0 Å². The standard InChI is InChI=1S/C28H25ClFN5/c1-3-23(32)8-9-33-15-21(14-31)20-12-19-11-18(4-7-27(19)34-16-20)24-10-17(2)35-28(24)25-13-22(29)5-6-26(25)30/h4-7,10-16,31-33H,2-3,8-9H2,1H3/b21-15+,31-14?,32-23?. The third-order valence-corrected chi connectivity index (χ3v) is 5.98. The first-order valence-electron chi connectivity index (χ1n) is 11.3. The Labute approximate surface area is 208 Å². The highest BCUT2D eigenvalue weighted by Gasteiger charge is 2.21. The molecule has 0 radical (unpaired) electrons. The van der Waals surface area contributed by atoms with Crippen molar-refractivity contribution >= 4 is 51.3 Å². The van der Waals surface area contributed by atoms with Crippen molar-refractivity contribution in [1.82, 2.24) is 10.3 Å². The van der Waals surface area contributed by atoms with Crippen LogP contribution >= 0.6 is 11.6 Å². The van der Waals surface area contributed by atoms with Gasteiger partial charge in [0.15, 0.2) is 0 Å². The molecule has 4 rings (SSSR count). The highest BCUT2D eigenvalue weighted by Crippen LogP contribution is 2.32. The fraction of sp³-hybridized carbons (Fsp3) is 0.143. The maximum Gasteiger partial charge on any atom is 0.132 e. The van der Waals surface area contributed by atoms with Crippen molar-refractivity contribution in [2.24, 2.45) is 4.99 Å². The number of hydrogen-bond donors (Lipinski definition) is 3. The van der Waals surface area contributed by atoms with E-state index in [1.54, 1.807) is 18.5 Å². The zero-order valence-corrected chi connectivity index (χ0v) is 20.1. The maximum atomic E-state index is 14.6. The number of hydrogen-bond acceptors (Lipinski definition) is 5. The highest BCUT2D eigenvalue weighted by atomic mass is 35.5. The van der Waals surface area contributed by atoms with E-state index in [0.29, 0.717) is 46.2 Å². The molecule has 0 amide bonds. The lowest BCUT2D eigenvalue weighted by atomic mass is 9.95. The smallest absolute Gasteiger partial charge is 0.132 e. The number of halogens is 2. The molecule has 35 heavy (non-hydrogen) atoms.